The van der Waals surface area contributed by atoms with E-state index < -0.39 is 28.5 Å². The average Bonchev–Trinajstić information content (AvgIpc) is 2.70. The van der Waals surface area contributed by atoms with Gasteiger partial charge < -0.3 is 14.8 Å². The Hall–Kier alpha value is -3.17. The fourth-order valence-electron chi connectivity index (χ4n) is 2.15. The van der Waals surface area contributed by atoms with Crippen LogP contribution in [0, 0.1) is 0 Å². The second kappa shape index (κ2) is 9.67. The van der Waals surface area contributed by atoms with Crippen molar-refractivity contribution in [1.82, 2.24) is 4.72 Å². The third-order valence-corrected chi connectivity index (χ3v) is 4.91. The number of hydrogen-bond donors (Lipinski definition) is 2. The Morgan fingerprint density at radius 2 is 1.89 bits per heavy atom. The van der Waals surface area contributed by atoms with Crippen molar-refractivity contribution in [2.45, 2.75) is 4.90 Å². The first-order valence-corrected chi connectivity index (χ1v) is 9.65. The summed E-state index contributed by atoms with van der Waals surface area (Å²) < 4.78 is 36.5. The molecule has 0 unspecified atom stereocenters. The quantitative estimate of drug-likeness (QED) is 0.488. The molecule has 8 nitrogen and oxygen atoms in total. The minimum absolute atomic E-state index is 0.00987. The van der Waals surface area contributed by atoms with E-state index in [1.165, 1.54) is 37.5 Å². The van der Waals surface area contributed by atoms with Gasteiger partial charge in [-0.05, 0) is 30.3 Å². The van der Waals surface area contributed by atoms with E-state index in [4.69, 9.17) is 9.47 Å². The topological polar surface area (TPSA) is 111 Å². The highest BCUT2D eigenvalue weighted by Gasteiger charge is 2.17. The second-order valence-corrected chi connectivity index (χ2v) is 7.29. The lowest BCUT2D eigenvalue weighted by Crippen LogP contribution is -2.24. The number of benzene rings is 2. The number of methoxy groups -OCH3 is 1. The van der Waals surface area contributed by atoms with Crippen molar-refractivity contribution in [3.8, 4) is 5.75 Å². The first kappa shape index (κ1) is 21.1. The van der Waals surface area contributed by atoms with Crippen molar-refractivity contribution in [2.24, 2.45) is 0 Å². The number of nitrogens with one attached hydrogen (secondary N) is 2. The summed E-state index contributed by atoms with van der Waals surface area (Å²) in [6.45, 7) is 2.97. The lowest BCUT2D eigenvalue weighted by Gasteiger charge is -2.09. The number of sulfonamides is 1. The van der Waals surface area contributed by atoms with Crippen LogP contribution in [-0.2, 0) is 19.6 Å². The SMILES string of the molecule is C=CCNS(=O)(=O)c1cccc(C(=O)OCC(=O)Nc2cccc(OC)c2)c1. The van der Waals surface area contributed by atoms with Gasteiger partial charge >= 0.3 is 5.97 Å². The molecule has 0 fully saturated rings. The Bertz CT molecular complexity index is 972. The third kappa shape index (κ3) is 5.93. The van der Waals surface area contributed by atoms with Gasteiger partial charge in [-0.15, -0.1) is 6.58 Å². The Morgan fingerprint density at radius 1 is 1.14 bits per heavy atom. The van der Waals surface area contributed by atoms with Crippen LogP contribution in [0.5, 0.6) is 5.75 Å². The maximum atomic E-state index is 12.1. The highest BCUT2D eigenvalue weighted by Crippen LogP contribution is 2.17. The molecule has 2 aromatic rings. The fraction of sp³-hybridized carbons (Fsp3) is 0.158. The van der Waals surface area contributed by atoms with Crippen LogP contribution in [0.25, 0.3) is 0 Å². The molecule has 0 atom stereocenters. The molecule has 2 aromatic carbocycles. The minimum atomic E-state index is -3.78. The maximum absolute atomic E-state index is 12.1. The van der Waals surface area contributed by atoms with E-state index in [0.717, 1.165) is 0 Å². The van der Waals surface area contributed by atoms with E-state index in [1.807, 2.05) is 0 Å². The molecule has 0 bridgehead atoms. The molecule has 0 saturated carbocycles. The van der Waals surface area contributed by atoms with Gasteiger partial charge in [0.25, 0.3) is 5.91 Å². The number of anilines is 1. The number of ether oxygens (including phenoxy) is 2. The Morgan fingerprint density at radius 3 is 2.61 bits per heavy atom. The molecular weight excluding hydrogens is 384 g/mol. The molecule has 0 aromatic heterocycles. The van der Waals surface area contributed by atoms with Gasteiger partial charge in [0, 0.05) is 18.3 Å². The van der Waals surface area contributed by atoms with E-state index in [1.54, 1.807) is 24.3 Å². The number of esters is 1. The van der Waals surface area contributed by atoms with Crippen molar-refractivity contribution in [2.75, 3.05) is 25.6 Å². The first-order valence-electron chi connectivity index (χ1n) is 8.17. The van der Waals surface area contributed by atoms with E-state index in [9.17, 15) is 18.0 Å². The molecule has 0 heterocycles. The monoisotopic (exact) mass is 404 g/mol. The second-order valence-electron chi connectivity index (χ2n) is 5.52. The van der Waals surface area contributed by atoms with Crippen molar-refractivity contribution in [3.63, 3.8) is 0 Å². The van der Waals surface area contributed by atoms with Gasteiger partial charge in [-0.2, -0.15) is 0 Å². The van der Waals surface area contributed by atoms with Gasteiger partial charge in [0.15, 0.2) is 6.61 Å². The summed E-state index contributed by atoms with van der Waals surface area (Å²) in [7, 11) is -2.27. The number of amides is 1. The normalized spacial score (nSPS) is 10.8. The molecular formula is C19H20N2O6S. The number of carbonyl (C=O) groups excluding carboxylic acids is 2. The van der Waals surface area contributed by atoms with Crippen LogP contribution in [0.15, 0.2) is 66.1 Å². The maximum Gasteiger partial charge on any atom is 0.338 e. The van der Waals surface area contributed by atoms with Gasteiger partial charge in [0.05, 0.1) is 17.6 Å². The van der Waals surface area contributed by atoms with Gasteiger partial charge in [-0.1, -0.05) is 18.2 Å². The van der Waals surface area contributed by atoms with E-state index in [0.29, 0.717) is 11.4 Å². The van der Waals surface area contributed by atoms with Crippen LogP contribution in [0.4, 0.5) is 5.69 Å². The molecule has 0 aliphatic carbocycles. The van der Waals surface area contributed by atoms with Crippen LogP contribution in [0.2, 0.25) is 0 Å². The fourth-order valence-corrected chi connectivity index (χ4v) is 3.20. The summed E-state index contributed by atoms with van der Waals surface area (Å²) in [6.07, 6.45) is 1.40. The van der Waals surface area contributed by atoms with Gasteiger partial charge in [0.2, 0.25) is 10.0 Å². The molecule has 0 spiro atoms. The molecule has 1 amide bonds. The summed E-state index contributed by atoms with van der Waals surface area (Å²) in [4.78, 5) is 24.0. The molecule has 2 N–H and O–H groups in total. The van der Waals surface area contributed by atoms with E-state index >= 15 is 0 Å². The highest BCUT2D eigenvalue weighted by atomic mass is 32.2. The average molecular weight is 404 g/mol. The number of hydrogen-bond acceptors (Lipinski definition) is 6. The van der Waals surface area contributed by atoms with Crippen LogP contribution in [0.3, 0.4) is 0 Å². The summed E-state index contributed by atoms with van der Waals surface area (Å²) in [5.41, 5.74) is 0.498. The summed E-state index contributed by atoms with van der Waals surface area (Å²) in [6, 6.07) is 12.0. The van der Waals surface area contributed by atoms with Crippen molar-refractivity contribution >= 4 is 27.6 Å². The van der Waals surface area contributed by atoms with E-state index in [2.05, 4.69) is 16.6 Å². The minimum Gasteiger partial charge on any atom is -0.497 e. The van der Waals surface area contributed by atoms with Crippen LogP contribution in [-0.4, -0.2) is 40.6 Å². The van der Waals surface area contributed by atoms with Crippen molar-refractivity contribution in [1.29, 1.82) is 0 Å². The predicted octanol–water partition coefficient (Wildman–Crippen LogP) is 1.95. The molecule has 148 valence electrons. The summed E-state index contributed by atoms with van der Waals surface area (Å²) in [5.74, 6) is -0.794. The highest BCUT2D eigenvalue weighted by molar-refractivity contribution is 7.89. The lowest BCUT2D eigenvalue weighted by molar-refractivity contribution is -0.119. The standard InChI is InChI=1S/C19H20N2O6S/c1-3-10-20-28(24,25)17-9-4-6-14(11-17)19(23)27-13-18(22)21-15-7-5-8-16(12-15)26-2/h3-9,11-12,20H,1,10,13H2,2H3,(H,21,22). The van der Waals surface area contributed by atoms with Crippen molar-refractivity contribution < 1.29 is 27.5 Å². The van der Waals surface area contributed by atoms with Gasteiger partial charge in [-0.3, -0.25) is 4.79 Å². The Balaban J connectivity index is 1.98. The Labute approximate surface area is 163 Å². The smallest absolute Gasteiger partial charge is 0.338 e. The van der Waals surface area contributed by atoms with Gasteiger partial charge in [0.1, 0.15) is 5.75 Å². The zero-order valence-corrected chi connectivity index (χ0v) is 16.0. The molecule has 0 saturated heterocycles. The molecule has 2 rings (SSSR count). The molecule has 0 aliphatic rings. The summed E-state index contributed by atoms with van der Waals surface area (Å²) >= 11 is 0. The van der Waals surface area contributed by atoms with E-state index in [-0.39, 0.29) is 17.0 Å². The third-order valence-electron chi connectivity index (χ3n) is 3.49. The Kier molecular flexibility index (Phi) is 7.30. The number of carbonyl (C=O) groups is 2. The zero-order chi connectivity index (χ0) is 20.6. The zero-order valence-electron chi connectivity index (χ0n) is 15.2. The largest absolute Gasteiger partial charge is 0.497 e. The lowest BCUT2D eigenvalue weighted by atomic mass is 10.2. The number of rotatable bonds is 9. The van der Waals surface area contributed by atoms with Crippen LogP contribution in [0.1, 0.15) is 10.4 Å². The molecule has 0 radical (unpaired) electrons. The predicted molar refractivity (Wildman–Crippen MR) is 104 cm³/mol. The first-order chi connectivity index (χ1) is 13.4. The van der Waals surface area contributed by atoms with Gasteiger partial charge in [-0.25, -0.2) is 17.9 Å². The summed E-state index contributed by atoms with van der Waals surface area (Å²) in [5, 5.41) is 2.57. The van der Waals surface area contributed by atoms with Crippen molar-refractivity contribution in [3.05, 3.63) is 66.7 Å². The molecule has 0 aliphatic heterocycles. The molecule has 28 heavy (non-hydrogen) atoms. The van der Waals surface area contributed by atoms with Crippen LogP contribution < -0.4 is 14.8 Å². The molecule has 9 heteroatoms. The van der Waals surface area contributed by atoms with Crippen LogP contribution >= 0.6 is 0 Å².